The number of rotatable bonds is 8. The van der Waals surface area contributed by atoms with Gasteiger partial charge in [-0.25, -0.2) is 0 Å². The summed E-state index contributed by atoms with van der Waals surface area (Å²) in [7, 11) is 2.16. The van der Waals surface area contributed by atoms with Crippen LogP contribution in [0.3, 0.4) is 0 Å². The van der Waals surface area contributed by atoms with E-state index in [2.05, 4.69) is 29.2 Å². The number of pyridine rings is 1. The molecule has 2 aromatic rings. The van der Waals surface area contributed by atoms with E-state index in [4.69, 9.17) is 4.74 Å². The number of carbonyl (C=O) groups excluding carboxylic acids is 2. The molecule has 1 saturated carbocycles. The van der Waals surface area contributed by atoms with Crippen molar-refractivity contribution in [1.82, 2.24) is 14.8 Å². The molecule has 4 rings (SSSR count). The van der Waals surface area contributed by atoms with Crippen molar-refractivity contribution in [3.8, 4) is 5.75 Å². The minimum Gasteiger partial charge on any atom is -0.488 e. The van der Waals surface area contributed by atoms with Crippen LogP contribution < -0.4 is 10.1 Å². The van der Waals surface area contributed by atoms with Crippen molar-refractivity contribution in [2.45, 2.75) is 64.5 Å². The number of amides is 2. The van der Waals surface area contributed by atoms with E-state index in [1.165, 1.54) is 32.1 Å². The zero-order valence-corrected chi connectivity index (χ0v) is 22.9. The predicted octanol–water partition coefficient (Wildman–Crippen LogP) is 4.00. The van der Waals surface area contributed by atoms with E-state index in [1.54, 1.807) is 29.4 Å². The van der Waals surface area contributed by atoms with Crippen molar-refractivity contribution < 1.29 is 19.4 Å². The second-order valence-corrected chi connectivity index (χ2v) is 11.1. The van der Waals surface area contributed by atoms with Crippen LogP contribution in [0.4, 0.5) is 5.69 Å². The Morgan fingerprint density at radius 1 is 1.18 bits per heavy atom. The summed E-state index contributed by atoms with van der Waals surface area (Å²) in [6.07, 6.45) is 9.73. The fourth-order valence-corrected chi connectivity index (χ4v) is 5.62. The first-order valence-electron chi connectivity index (χ1n) is 13.9. The van der Waals surface area contributed by atoms with Gasteiger partial charge in [-0.05, 0) is 63.1 Å². The molecule has 2 heterocycles. The maximum Gasteiger partial charge on any atom is 0.255 e. The molecule has 38 heavy (non-hydrogen) atoms. The second-order valence-electron chi connectivity index (χ2n) is 11.1. The highest BCUT2D eigenvalue weighted by Gasteiger charge is 2.31. The standard InChI is InChI=1S/C30H42N4O4/c1-21-17-34(22(2)20-35)29(36)16-25-15-26(32-30(37)24-11-13-31-14-12-24)9-10-27(25)38-28(21)19-33(3)18-23-7-5-4-6-8-23/h9-15,21-23,28,35H,4-8,16-20H2,1-3H3,(H,32,37)/t21-,22+,28-/m0/s1. The predicted molar refractivity (Wildman–Crippen MR) is 148 cm³/mol. The monoisotopic (exact) mass is 522 g/mol. The Labute approximate surface area is 226 Å². The van der Waals surface area contributed by atoms with Gasteiger partial charge in [-0.2, -0.15) is 0 Å². The van der Waals surface area contributed by atoms with Gasteiger partial charge in [0.15, 0.2) is 0 Å². The normalized spacial score (nSPS) is 21.6. The number of nitrogens with one attached hydrogen (secondary N) is 1. The van der Waals surface area contributed by atoms with Gasteiger partial charge in [-0.15, -0.1) is 0 Å². The van der Waals surface area contributed by atoms with Crippen LogP contribution in [-0.4, -0.2) is 77.1 Å². The Kier molecular flexibility index (Phi) is 9.74. The van der Waals surface area contributed by atoms with Crippen LogP contribution in [0, 0.1) is 11.8 Å². The fraction of sp³-hybridized carbons (Fsp3) is 0.567. The van der Waals surface area contributed by atoms with E-state index in [0.717, 1.165) is 24.6 Å². The lowest BCUT2D eigenvalue weighted by atomic mass is 9.89. The minimum atomic E-state index is -0.290. The third-order valence-electron chi connectivity index (χ3n) is 7.90. The topological polar surface area (TPSA) is 95.0 Å². The Balaban J connectivity index is 1.57. The average Bonchev–Trinajstić information content (AvgIpc) is 2.97. The van der Waals surface area contributed by atoms with Crippen LogP contribution in [0.2, 0.25) is 0 Å². The smallest absolute Gasteiger partial charge is 0.255 e. The Bertz CT molecular complexity index is 1070. The maximum atomic E-state index is 13.4. The molecule has 0 bridgehead atoms. The van der Waals surface area contributed by atoms with Gasteiger partial charge in [-0.3, -0.25) is 14.6 Å². The summed E-state index contributed by atoms with van der Waals surface area (Å²) < 4.78 is 6.64. The molecule has 8 nitrogen and oxygen atoms in total. The highest BCUT2D eigenvalue weighted by molar-refractivity contribution is 6.04. The fourth-order valence-electron chi connectivity index (χ4n) is 5.62. The summed E-state index contributed by atoms with van der Waals surface area (Å²) in [5.74, 6) is 1.17. The van der Waals surface area contributed by atoms with Gasteiger partial charge < -0.3 is 25.0 Å². The second kappa shape index (κ2) is 13.2. The third kappa shape index (κ3) is 7.32. The quantitative estimate of drug-likeness (QED) is 0.544. The largest absolute Gasteiger partial charge is 0.488 e. The molecule has 1 aliphatic carbocycles. The number of ether oxygens (including phenoxy) is 1. The number of benzene rings is 1. The zero-order valence-electron chi connectivity index (χ0n) is 22.9. The highest BCUT2D eigenvalue weighted by atomic mass is 16.5. The first-order chi connectivity index (χ1) is 18.3. The van der Waals surface area contributed by atoms with Gasteiger partial charge >= 0.3 is 0 Å². The van der Waals surface area contributed by atoms with Crippen LogP contribution in [0.1, 0.15) is 61.9 Å². The average molecular weight is 523 g/mol. The van der Waals surface area contributed by atoms with E-state index < -0.39 is 0 Å². The summed E-state index contributed by atoms with van der Waals surface area (Å²) in [4.78, 5) is 34.3. The van der Waals surface area contributed by atoms with E-state index in [0.29, 0.717) is 23.5 Å². The van der Waals surface area contributed by atoms with Gasteiger partial charge in [0, 0.05) is 54.8 Å². The van der Waals surface area contributed by atoms with Gasteiger partial charge in [0.05, 0.1) is 19.1 Å². The lowest BCUT2D eigenvalue weighted by Gasteiger charge is -2.35. The van der Waals surface area contributed by atoms with Crippen molar-refractivity contribution in [3.63, 3.8) is 0 Å². The van der Waals surface area contributed by atoms with Gasteiger partial charge in [0.2, 0.25) is 5.91 Å². The van der Waals surface area contributed by atoms with Crippen molar-refractivity contribution in [3.05, 3.63) is 53.9 Å². The number of fused-ring (bicyclic) bond motifs is 1. The van der Waals surface area contributed by atoms with Crippen molar-refractivity contribution in [1.29, 1.82) is 0 Å². The molecule has 206 valence electrons. The molecule has 8 heteroatoms. The molecule has 0 saturated heterocycles. The number of anilines is 1. The molecule has 1 aromatic heterocycles. The number of aromatic nitrogens is 1. The molecule has 1 aliphatic heterocycles. The SMILES string of the molecule is C[C@H](CO)N1C[C@H](C)[C@H](CN(C)CC2CCCCC2)Oc2ccc(NC(=O)c3ccncc3)cc2CC1=O. The summed E-state index contributed by atoms with van der Waals surface area (Å²) in [5.41, 5.74) is 1.84. The van der Waals surface area contributed by atoms with Crippen LogP contribution in [-0.2, 0) is 11.2 Å². The molecule has 1 fully saturated rings. The number of hydrogen-bond donors (Lipinski definition) is 2. The number of aliphatic hydroxyl groups excluding tert-OH is 1. The first kappa shape index (κ1) is 28.0. The summed E-state index contributed by atoms with van der Waals surface area (Å²) in [5, 5.41) is 12.8. The molecular formula is C30H42N4O4. The van der Waals surface area contributed by atoms with Crippen molar-refractivity contribution >= 4 is 17.5 Å². The Morgan fingerprint density at radius 2 is 1.92 bits per heavy atom. The van der Waals surface area contributed by atoms with Crippen molar-refractivity contribution in [2.24, 2.45) is 11.8 Å². The molecule has 1 aromatic carbocycles. The molecule has 2 amide bonds. The van der Waals surface area contributed by atoms with E-state index in [9.17, 15) is 14.7 Å². The Hall–Kier alpha value is -2.97. The lowest BCUT2D eigenvalue weighted by molar-refractivity contribution is -0.134. The van der Waals surface area contributed by atoms with Gasteiger partial charge in [0.1, 0.15) is 11.9 Å². The molecule has 0 unspecified atom stereocenters. The third-order valence-corrected chi connectivity index (χ3v) is 7.90. The number of hydrogen-bond acceptors (Lipinski definition) is 6. The lowest BCUT2D eigenvalue weighted by Crippen LogP contribution is -2.48. The van der Waals surface area contributed by atoms with Crippen LogP contribution in [0.15, 0.2) is 42.7 Å². The number of aliphatic hydroxyl groups is 1. The minimum absolute atomic E-state index is 0.0583. The first-order valence-corrected chi connectivity index (χ1v) is 13.9. The van der Waals surface area contributed by atoms with Gasteiger partial charge in [0.25, 0.3) is 5.91 Å². The molecule has 0 spiro atoms. The molecule has 2 aliphatic rings. The molecular weight excluding hydrogens is 480 g/mol. The Morgan fingerprint density at radius 3 is 2.63 bits per heavy atom. The summed E-state index contributed by atoms with van der Waals surface area (Å²) >= 11 is 0. The molecule has 2 N–H and O–H groups in total. The molecule has 3 atom stereocenters. The van der Waals surface area contributed by atoms with Crippen LogP contribution in [0.25, 0.3) is 0 Å². The highest BCUT2D eigenvalue weighted by Crippen LogP contribution is 2.30. The number of carbonyl (C=O) groups is 2. The van der Waals surface area contributed by atoms with Gasteiger partial charge in [-0.1, -0.05) is 26.2 Å². The zero-order chi connectivity index (χ0) is 27.1. The summed E-state index contributed by atoms with van der Waals surface area (Å²) in [6, 6.07) is 8.53. The number of nitrogens with zero attached hydrogens (tertiary/aromatic N) is 3. The molecule has 0 radical (unpaired) electrons. The van der Waals surface area contributed by atoms with Crippen LogP contribution in [0.5, 0.6) is 5.75 Å². The van der Waals surface area contributed by atoms with E-state index >= 15 is 0 Å². The van der Waals surface area contributed by atoms with E-state index in [-0.39, 0.29) is 42.9 Å². The van der Waals surface area contributed by atoms with Crippen LogP contribution >= 0.6 is 0 Å². The number of likely N-dealkylation sites (N-methyl/N-ethyl adjacent to an activating group) is 1. The van der Waals surface area contributed by atoms with E-state index in [1.807, 2.05) is 25.1 Å². The maximum absolute atomic E-state index is 13.4. The summed E-state index contributed by atoms with van der Waals surface area (Å²) in [6.45, 7) is 6.22. The van der Waals surface area contributed by atoms with Crippen molar-refractivity contribution in [2.75, 3.05) is 38.6 Å².